The Labute approximate surface area is 122 Å². The number of hydrogen-bond acceptors (Lipinski definition) is 4. The largest absolute Gasteiger partial charge is 0.435 e. The quantitative estimate of drug-likeness (QED) is 0.818. The summed E-state index contributed by atoms with van der Waals surface area (Å²) in [5.74, 6) is 0.736. The molecule has 0 N–H and O–H groups in total. The van der Waals surface area contributed by atoms with Gasteiger partial charge in [0.15, 0.2) is 0 Å². The summed E-state index contributed by atoms with van der Waals surface area (Å²) in [5.41, 5.74) is 1.50. The van der Waals surface area contributed by atoms with Gasteiger partial charge in [0.25, 0.3) is 0 Å². The molecule has 0 unspecified atom stereocenters. The predicted molar refractivity (Wildman–Crippen MR) is 75.5 cm³/mol. The number of benzene rings is 1. The number of alkyl halides is 2. The van der Waals surface area contributed by atoms with Gasteiger partial charge in [-0.25, -0.2) is 4.98 Å². The van der Waals surface area contributed by atoms with E-state index in [1.807, 2.05) is 12.3 Å². The summed E-state index contributed by atoms with van der Waals surface area (Å²) in [5, 5.41) is 2.81. The highest BCUT2D eigenvalue weighted by atomic mass is 32.2. The Morgan fingerprint density at radius 1 is 1.40 bits per heavy atom. The molecular formula is C13H13F2NO2S2. The smallest absolute Gasteiger partial charge is 0.387 e. The maximum atomic E-state index is 12.1. The molecule has 1 atom stereocenters. The normalized spacial score (nSPS) is 12.6. The molecule has 1 heterocycles. The number of aryl methyl sites for hydroxylation is 1. The summed E-state index contributed by atoms with van der Waals surface area (Å²) >= 11 is 1.51. The van der Waals surface area contributed by atoms with E-state index in [0.717, 1.165) is 10.7 Å². The Kier molecular flexibility index (Phi) is 5.19. The molecule has 0 spiro atoms. The van der Waals surface area contributed by atoms with Crippen molar-refractivity contribution in [3.8, 4) is 5.75 Å². The summed E-state index contributed by atoms with van der Waals surface area (Å²) in [4.78, 5) is 4.25. The number of hydrogen-bond donors (Lipinski definition) is 0. The van der Waals surface area contributed by atoms with Crippen molar-refractivity contribution in [1.82, 2.24) is 4.98 Å². The first kappa shape index (κ1) is 15.1. The van der Waals surface area contributed by atoms with E-state index in [1.54, 1.807) is 12.1 Å². The molecular weight excluding hydrogens is 304 g/mol. The van der Waals surface area contributed by atoms with Crippen LogP contribution in [0, 0.1) is 6.92 Å². The van der Waals surface area contributed by atoms with Crippen molar-refractivity contribution in [2.75, 3.05) is 0 Å². The van der Waals surface area contributed by atoms with Crippen LogP contribution in [0.25, 0.3) is 0 Å². The maximum absolute atomic E-state index is 12.1. The lowest BCUT2D eigenvalue weighted by atomic mass is 10.2. The Hall–Kier alpha value is -1.34. The second kappa shape index (κ2) is 6.90. The molecule has 0 saturated heterocycles. The molecule has 0 aliphatic carbocycles. The first-order chi connectivity index (χ1) is 9.52. The molecule has 2 aromatic rings. The van der Waals surface area contributed by atoms with Crippen molar-refractivity contribution in [3.05, 3.63) is 45.9 Å². The fourth-order valence-corrected chi connectivity index (χ4v) is 3.54. The van der Waals surface area contributed by atoms with Crippen molar-refractivity contribution in [2.24, 2.45) is 0 Å². The maximum Gasteiger partial charge on any atom is 0.387 e. The molecule has 1 aromatic heterocycles. The van der Waals surface area contributed by atoms with E-state index in [2.05, 4.69) is 9.72 Å². The third-order valence-electron chi connectivity index (χ3n) is 2.43. The molecule has 108 valence electrons. The lowest BCUT2D eigenvalue weighted by molar-refractivity contribution is -0.0498. The average molecular weight is 317 g/mol. The Morgan fingerprint density at radius 2 is 2.20 bits per heavy atom. The monoisotopic (exact) mass is 317 g/mol. The van der Waals surface area contributed by atoms with Crippen molar-refractivity contribution in [1.29, 1.82) is 0 Å². The highest BCUT2D eigenvalue weighted by Crippen LogP contribution is 2.18. The number of aromatic nitrogens is 1. The van der Waals surface area contributed by atoms with Gasteiger partial charge in [-0.3, -0.25) is 4.21 Å². The minimum Gasteiger partial charge on any atom is -0.435 e. The van der Waals surface area contributed by atoms with Crippen molar-refractivity contribution in [3.63, 3.8) is 0 Å². The van der Waals surface area contributed by atoms with E-state index < -0.39 is 17.4 Å². The fourth-order valence-electron chi connectivity index (χ4n) is 1.69. The molecule has 20 heavy (non-hydrogen) atoms. The molecule has 7 heteroatoms. The zero-order valence-electron chi connectivity index (χ0n) is 10.7. The number of rotatable bonds is 6. The first-order valence-electron chi connectivity index (χ1n) is 5.82. The van der Waals surface area contributed by atoms with Gasteiger partial charge in [0.1, 0.15) is 5.75 Å². The average Bonchev–Trinajstić information content (AvgIpc) is 2.74. The number of halogens is 2. The Balaban J connectivity index is 1.97. The van der Waals surface area contributed by atoms with Gasteiger partial charge >= 0.3 is 6.61 Å². The van der Waals surface area contributed by atoms with Gasteiger partial charge in [0, 0.05) is 21.9 Å². The lowest BCUT2D eigenvalue weighted by Crippen LogP contribution is -2.03. The van der Waals surface area contributed by atoms with Crippen molar-refractivity contribution >= 4 is 22.1 Å². The van der Waals surface area contributed by atoms with Gasteiger partial charge in [0.2, 0.25) is 0 Å². The molecule has 0 bridgehead atoms. The van der Waals surface area contributed by atoms with Crippen LogP contribution in [-0.4, -0.2) is 15.8 Å². The predicted octanol–water partition coefficient (Wildman–Crippen LogP) is 3.50. The van der Waals surface area contributed by atoms with Crippen LogP contribution in [0.4, 0.5) is 8.78 Å². The Bertz CT molecular complexity index is 602. The molecule has 0 aliphatic heterocycles. The van der Waals surface area contributed by atoms with E-state index in [9.17, 15) is 13.0 Å². The topological polar surface area (TPSA) is 39.2 Å². The van der Waals surface area contributed by atoms with Gasteiger partial charge in [-0.2, -0.15) is 8.78 Å². The third kappa shape index (κ3) is 4.64. The summed E-state index contributed by atoms with van der Waals surface area (Å²) in [7, 11) is -1.13. The van der Waals surface area contributed by atoms with Crippen LogP contribution in [0.5, 0.6) is 5.75 Å². The number of thiazole rings is 1. The molecule has 1 aromatic carbocycles. The van der Waals surface area contributed by atoms with Crippen LogP contribution >= 0.6 is 11.3 Å². The highest BCUT2D eigenvalue weighted by Gasteiger charge is 2.08. The highest BCUT2D eigenvalue weighted by molar-refractivity contribution is 7.83. The standard InChI is InChI=1S/C13H13F2NO2S2/c1-9-16-11(6-19-9)8-20(17)7-10-3-2-4-12(5-10)18-13(14)15/h2-6,13H,7-8H2,1H3/t20-/m1/s1. The van der Waals surface area contributed by atoms with Crippen molar-refractivity contribution < 1.29 is 17.7 Å². The number of ether oxygens (including phenoxy) is 1. The summed E-state index contributed by atoms with van der Waals surface area (Å²) < 4.78 is 40.6. The van der Waals surface area contributed by atoms with Gasteiger partial charge in [-0.1, -0.05) is 12.1 Å². The van der Waals surface area contributed by atoms with E-state index >= 15 is 0 Å². The van der Waals surface area contributed by atoms with Crippen LogP contribution in [0.2, 0.25) is 0 Å². The Morgan fingerprint density at radius 3 is 2.85 bits per heavy atom. The van der Waals surface area contributed by atoms with Crippen LogP contribution in [-0.2, 0) is 22.3 Å². The minimum atomic E-state index is -2.85. The van der Waals surface area contributed by atoms with Crippen LogP contribution < -0.4 is 4.74 Å². The van der Waals surface area contributed by atoms with Crippen molar-refractivity contribution in [2.45, 2.75) is 25.0 Å². The number of nitrogens with zero attached hydrogens (tertiary/aromatic N) is 1. The molecule has 0 aliphatic rings. The lowest BCUT2D eigenvalue weighted by Gasteiger charge is -2.06. The summed E-state index contributed by atoms with van der Waals surface area (Å²) in [6.07, 6.45) is 0. The van der Waals surface area contributed by atoms with E-state index in [0.29, 0.717) is 11.3 Å². The second-order valence-electron chi connectivity index (χ2n) is 4.11. The van der Waals surface area contributed by atoms with Gasteiger partial charge < -0.3 is 4.74 Å². The summed E-state index contributed by atoms with van der Waals surface area (Å²) in [6, 6.07) is 6.28. The van der Waals surface area contributed by atoms with Gasteiger partial charge in [-0.05, 0) is 24.6 Å². The van der Waals surface area contributed by atoms with E-state index in [4.69, 9.17) is 0 Å². The van der Waals surface area contributed by atoms with Crippen LogP contribution in [0.1, 0.15) is 16.3 Å². The molecule has 2 rings (SSSR count). The molecule has 0 amide bonds. The molecule has 3 nitrogen and oxygen atoms in total. The van der Waals surface area contributed by atoms with E-state index in [-0.39, 0.29) is 11.5 Å². The molecule has 0 radical (unpaired) electrons. The van der Waals surface area contributed by atoms with Crippen LogP contribution in [0.15, 0.2) is 29.6 Å². The third-order valence-corrected chi connectivity index (χ3v) is 4.52. The minimum absolute atomic E-state index is 0.0824. The van der Waals surface area contributed by atoms with Gasteiger partial charge in [0.05, 0.1) is 16.5 Å². The molecule has 0 fully saturated rings. The second-order valence-corrected chi connectivity index (χ2v) is 6.63. The first-order valence-corrected chi connectivity index (χ1v) is 8.19. The SMILES string of the molecule is Cc1nc(C[S@](=O)Cc2cccc(OC(F)F)c2)cs1. The zero-order chi connectivity index (χ0) is 14.5. The van der Waals surface area contributed by atoms with Gasteiger partial charge in [-0.15, -0.1) is 11.3 Å². The fraction of sp³-hybridized carbons (Fsp3) is 0.308. The van der Waals surface area contributed by atoms with E-state index in [1.165, 1.54) is 23.5 Å². The molecule has 0 saturated carbocycles. The van der Waals surface area contributed by atoms with Crippen LogP contribution in [0.3, 0.4) is 0 Å². The summed E-state index contributed by atoms with van der Waals surface area (Å²) in [6.45, 7) is -0.962. The zero-order valence-corrected chi connectivity index (χ0v) is 12.3.